The second-order valence-electron chi connectivity index (χ2n) is 4.56. The number of halogens is 1. The molecule has 1 amide bonds. The van der Waals surface area contributed by atoms with Gasteiger partial charge in [0.2, 0.25) is 5.91 Å². The van der Waals surface area contributed by atoms with Crippen LogP contribution in [0.1, 0.15) is 26.7 Å². The topological polar surface area (TPSA) is 61.4 Å². The van der Waals surface area contributed by atoms with Crippen molar-refractivity contribution in [2.75, 3.05) is 18.5 Å². The van der Waals surface area contributed by atoms with Gasteiger partial charge in [-0.1, -0.05) is 31.5 Å². The van der Waals surface area contributed by atoms with Gasteiger partial charge in [-0.15, -0.1) is 0 Å². The Morgan fingerprint density at radius 3 is 2.58 bits per heavy atom. The zero-order valence-corrected chi connectivity index (χ0v) is 12.1. The summed E-state index contributed by atoms with van der Waals surface area (Å²) in [6, 6.07) is 7.00. The summed E-state index contributed by atoms with van der Waals surface area (Å²) in [4.78, 5) is 11.8. The van der Waals surface area contributed by atoms with Gasteiger partial charge in [0.1, 0.15) is 0 Å². The number of carbonyl (C=O) groups excluding carboxylic acids is 1. The SMILES string of the molecule is CCC(CC)(CO)NCC(=O)Nc1cccc(Cl)c1. The summed E-state index contributed by atoms with van der Waals surface area (Å²) in [5.41, 5.74) is 0.285. The summed E-state index contributed by atoms with van der Waals surface area (Å²) in [5.74, 6) is -0.151. The molecule has 0 saturated heterocycles. The quantitative estimate of drug-likeness (QED) is 0.721. The maximum Gasteiger partial charge on any atom is 0.238 e. The molecule has 0 aliphatic heterocycles. The predicted molar refractivity (Wildman–Crippen MR) is 78.5 cm³/mol. The number of hydrogen-bond acceptors (Lipinski definition) is 3. The van der Waals surface area contributed by atoms with Crippen molar-refractivity contribution in [2.45, 2.75) is 32.2 Å². The Balaban J connectivity index is 2.52. The first-order valence-corrected chi connectivity index (χ1v) is 6.84. The van der Waals surface area contributed by atoms with E-state index in [-0.39, 0.29) is 24.6 Å². The van der Waals surface area contributed by atoms with Crippen molar-refractivity contribution in [1.82, 2.24) is 5.32 Å². The summed E-state index contributed by atoms with van der Waals surface area (Å²) < 4.78 is 0. The lowest BCUT2D eigenvalue weighted by Crippen LogP contribution is -2.50. The van der Waals surface area contributed by atoms with Gasteiger partial charge in [0.15, 0.2) is 0 Å². The van der Waals surface area contributed by atoms with Crippen LogP contribution in [0.25, 0.3) is 0 Å². The van der Waals surface area contributed by atoms with Gasteiger partial charge < -0.3 is 15.7 Å². The summed E-state index contributed by atoms with van der Waals surface area (Å²) in [5, 5.41) is 15.9. The normalized spacial score (nSPS) is 11.4. The molecule has 5 heteroatoms. The molecule has 0 bridgehead atoms. The molecule has 0 spiro atoms. The largest absolute Gasteiger partial charge is 0.394 e. The summed E-state index contributed by atoms with van der Waals surface area (Å²) >= 11 is 5.85. The Morgan fingerprint density at radius 2 is 2.05 bits per heavy atom. The van der Waals surface area contributed by atoms with Crippen LogP contribution in [-0.4, -0.2) is 29.7 Å². The Bertz CT molecular complexity index is 411. The highest BCUT2D eigenvalue weighted by atomic mass is 35.5. The highest BCUT2D eigenvalue weighted by Gasteiger charge is 2.24. The lowest BCUT2D eigenvalue weighted by Gasteiger charge is -2.30. The van der Waals surface area contributed by atoms with Gasteiger partial charge in [-0.2, -0.15) is 0 Å². The third kappa shape index (κ3) is 4.82. The molecule has 3 N–H and O–H groups in total. The molecule has 0 unspecified atom stereocenters. The number of nitrogens with one attached hydrogen (secondary N) is 2. The Kier molecular flexibility index (Phi) is 6.28. The molecule has 4 nitrogen and oxygen atoms in total. The first-order valence-electron chi connectivity index (χ1n) is 6.46. The van der Waals surface area contributed by atoms with E-state index >= 15 is 0 Å². The van der Waals surface area contributed by atoms with Crippen molar-refractivity contribution in [3.8, 4) is 0 Å². The van der Waals surface area contributed by atoms with Crippen LogP contribution in [0, 0.1) is 0 Å². The first kappa shape index (κ1) is 16.0. The summed E-state index contributed by atoms with van der Waals surface area (Å²) in [6.07, 6.45) is 1.54. The molecular formula is C14H21ClN2O2. The minimum atomic E-state index is -0.383. The average molecular weight is 285 g/mol. The fraction of sp³-hybridized carbons (Fsp3) is 0.500. The minimum absolute atomic E-state index is 0.0183. The average Bonchev–Trinajstić information content (AvgIpc) is 2.41. The molecular weight excluding hydrogens is 264 g/mol. The smallest absolute Gasteiger partial charge is 0.238 e. The van der Waals surface area contributed by atoms with Crippen LogP contribution >= 0.6 is 11.6 Å². The number of aliphatic hydroxyl groups excluding tert-OH is 1. The molecule has 0 saturated carbocycles. The molecule has 0 aliphatic carbocycles. The molecule has 1 aromatic carbocycles. The molecule has 19 heavy (non-hydrogen) atoms. The van der Waals surface area contributed by atoms with Crippen LogP contribution in [0.2, 0.25) is 5.02 Å². The third-order valence-electron chi connectivity index (χ3n) is 3.39. The second kappa shape index (κ2) is 7.48. The highest BCUT2D eigenvalue weighted by Crippen LogP contribution is 2.15. The zero-order chi connectivity index (χ0) is 14.3. The van der Waals surface area contributed by atoms with Crippen LogP contribution in [0.3, 0.4) is 0 Å². The molecule has 0 fully saturated rings. The second-order valence-corrected chi connectivity index (χ2v) is 4.99. The van der Waals surface area contributed by atoms with Crippen molar-refractivity contribution < 1.29 is 9.90 Å². The van der Waals surface area contributed by atoms with E-state index in [1.165, 1.54) is 0 Å². The van der Waals surface area contributed by atoms with Crippen LogP contribution in [0.15, 0.2) is 24.3 Å². The van der Waals surface area contributed by atoms with E-state index in [2.05, 4.69) is 10.6 Å². The van der Waals surface area contributed by atoms with Crippen molar-refractivity contribution in [3.63, 3.8) is 0 Å². The Labute approximate surface area is 119 Å². The number of carbonyl (C=O) groups is 1. The molecule has 0 aliphatic rings. The first-order chi connectivity index (χ1) is 9.05. The maximum absolute atomic E-state index is 11.8. The number of hydrogen-bond donors (Lipinski definition) is 3. The molecule has 1 rings (SSSR count). The van der Waals surface area contributed by atoms with E-state index in [9.17, 15) is 9.90 Å². The summed E-state index contributed by atoms with van der Waals surface area (Å²) in [6.45, 7) is 4.16. The van der Waals surface area contributed by atoms with Gasteiger partial charge in [-0.05, 0) is 31.0 Å². The van der Waals surface area contributed by atoms with Crippen molar-refractivity contribution in [2.24, 2.45) is 0 Å². The number of aliphatic hydroxyl groups is 1. The van der Waals surface area contributed by atoms with E-state index in [0.29, 0.717) is 10.7 Å². The summed E-state index contributed by atoms with van der Waals surface area (Å²) in [7, 11) is 0. The fourth-order valence-electron chi connectivity index (χ4n) is 1.82. The van der Waals surface area contributed by atoms with Crippen LogP contribution < -0.4 is 10.6 Å². The fourth-order valence-corrected chi connectivity index (χ4v) is 2.01. The number of benzene rings is 1. The zero-order valence-electron chi connectivity index (χ0n) is 11.4. The Morgan fingerprint density at radius 1 is 1.37 bits per heavy atom. The molecule has 1 aromatic rings. The lowest BCUT2D eigenvalue weighted by atomic mass is 9.94. The van der Waals surface area contributed by atoms with Gasteiger partial charge in [0, 0.05) is 16.2 Å². The number of anilines is 1. The monoisotopic (exact) mass is 284 g/mol. The predicted octanol–water partition coefficient (Wildman–Crippen LogP) is 2.42. The van der Waals surface area contributed by atoms with Gasteiger partial charge in [-0.25, -0.2) is 0 Å². The minimum Gasteiger partial charge on any atom is -0.394 e. The molecule has 0 heterocycles. The van der Waals surface area contributed by atoms with Gasteiger partial charge in [-0.3, -0.25) is 4.79 Å². The highest BCUT2D eigenvalue weighted by molar-refractivity contribution is 6.30. The molecule has 0 radical (unpaired) electrons. The molecule has 0 aromatic heterocycles. The molecule has 106 valence electrons. The van der Waals surface area contributed by atoms with Gasteiger partial charge in [0.05, 0.1) is 13.2 Å². The van der Waals surface area contributed by atoms with E-state index in [1.807, 2.05) is 13.8 Å². The van der Waals surface area contributed by atoms with Crippen LogP contribution in [0.4, 0.5) is 5.69 Å². The molecule has 0 atom stereocenters. The van der Waals surface area contributed by atoms with E-state index in [4.69, 9.17) is 11.6 Å². The standard InChI is InChI=1S/C14H21ClN2O2/c1-3-14(4-2,10-18)16-9-13(19)17-12-7-5-6-11(15)8-12/h5-8,16,18H,3-4,9-10H2,1-2H3,(H,17,19). The van der Waals surface area contributed by atoms with Crippen molar-refractivity contribution >= 4 is 23.2 Å². The van der Waals surface area contributed by atoms with Crippen molar-refractivity contribution in [3.05, 3.63) is 29.3 Å². The van der Waals surface area contributed by atoms with Crippen molar-refractivity contribution in [1.29, 1.82) is 0 Å². The van der Waals surface area contributed by atoms with Gasteiger partial charge >= 0.3 is 0 Å². The van der Waals surface area contributed by atoms with Crippen LogP contribution in [0.5, 0.6) is 0 Å². The number of rotatable bonds is 7. The Hall–Kier alpha value is -1.10. The van der Waals surface area contributed by atoms with E-state index in [1.54, 1.807) is 24.3 Å². The van der Waals surface area contributed by atoms with Gasteiger partial charge in [0.25, 0.3) is 0 Å². The maximum atomic E-state index is 11.8. The van der Waals surface area contributed by atoms with E-state index in [0.717, 1.165) is 12.8 Å². The third-order valence-corrected chi connectivity index (χ3v) is 3.62. The van der Waals surface area contributed by atoms with E-state index < -0.39 is 0 Å². The number of amides is 1. The lowest BCUT2D eigenvalue weighted by molar-refractivity contribution is -0.115. The van der Waals surface area contributed by atoms with Crippen LogP contribution in [-0.2, 0) is 4.79 Å².